The van der Waals surface area contributed by atoms with E-state index in [1.807, 2.05) is 42.5 Å². The Balaban J connectivity index is 1.58. The van der Waals surface area contributed by atoms with Crippen LogP contribution in [0.15, 0.2) is 66.7 Å². The smallest absolute Gasteiger partial charge is 0.136 e. The molecule has 0 radical (unpaired) electrons. The highest BCUT2D eigenvalue weighted by molar-refractivity contribution is 5.74. The Labute approximate surface area is 151 Å². The van der Waals surface area contributed by atoms with Crippen LogP contribution in [0.3, 0.4) is 0 Å². The normalized spacial score (nSPS) is 10.6. The number of benzene rings is 3. The van der Waals surface area contributed by atoms with E-state index in [0.29, 0.717) is 11.3 Å². The number of imidazole rings is 1. The lowest BCUT2D eigenvalue weighted by Crippen LogP contribution is -1.91. The number of nitrogens with one attached hydrogen (secondary N) is 1. The first kappa shape index (κ1) is 15.9. The monoisotopic (exact) mass is 339 g/mol. The summed E-state index contributed by atoms with van der Waals surface area (Å²) < 4.78 is 5.20. The first-order valence-corrected chi connectivity index (χ1v) is 8.38. The molecule has 0 aliphatic heterocycles. The minimum absolute atomic E-state index is 0.538. The predicted molar refractivity (Wildman–Crippen MR) is 102 cm³/mol. The summed E-state index contributed by atoms with van der Waals surface area (Å²) in [5, 5.41) is 9.25. The fraction of sp³-hybridized carbons (Fsp3) is 0.0909. The summed E-state index contributed by atoms with van der Waals surface area (Å²) in [6.07, 6.45) is 0.751. The average molecular weight is 339 g/mol. The lowest BCUT2D eigenvalue weighted by Gasteiger charge is -2.07. The van der Waals surface area contributed by atoms with Gasteiger partial charge in [-0.15, -0.1) is 0 Å². The third-order valence-electron chi connectivity index (χ3n) is 4.42. The molecule has 4 rings (SSSR count). The SMILES string of the molecule is COc1ccc(-c2ccc(Cc3nc4ccccc4[nH]3)cc2)cc1C#N. The van der Waals surface area contributed by atoms with Crippen molar-refractivity contribution < 1.29 is 4.74 Å². The zero-order chi connectivity index (χ0) is 17.9. The molecule has 0 atom stereocenters. The lowest BCUT2D eigenvalue weighted by molar-refractivity contribution is 0.413. The molecular weight excluding hydrogens is 322 g/mol. The first-order chi connectivity index (χ1) is 12.8. The standard InChI is InChI=1S/C22H17N3O/c1-26-21-11-10-17(13-18(21)14-23)16-8-6-15(7-9-16)12-22-24-19-4-2-3-5-20(19)25-22/h2-11,13H,12H2,1H3,(H,24,25). The van der Waals surface area contributed by atoms with Crippen LogP contribution >= 0.6 is 0 Å². The van der Waals surface area contributed by atoms with E-state index in [4.69, 9.17) is 4.74 Å². The number of ether oxygens (including phenoxy) is 1. The third kappa shape index (κ3) is 3.03. The van der Waals surface area contributed by atoms with Gasteiger partial charge in [0.2, 0.25) is 0 Å². The highest BCUT2D eigenvalue weighted by Gasteiger charge is 2.07. The lowest BCUT2D eigenvalue weighted by atomic mass is 10.0. The van der Waals surface area contributed by atoms with E-state index in [1.54, 1.807) is 7.11 Å². The molecular formula is C22H17N3O. The number of fused-ring (bicyclic) bond motifs is 1. The predicted octanol–water partition coefficient (Wildman–Crippen LogP) is 4.70. The van der Waals surface area contributed by atoms with Crippen LogP contribution in [0.4, 0.5) is 0 Å². The molecule has 4 nitrogen and oxygen atoms in total. The zero-order valence-electron chi connectivity index (χ0n) is 14.4. The molecule has 0 spiro atoms. The molecule has 0 amide bonds. The Morgan fingerprint density at radius 1 is 1.00 bits per heavy atom. The number of aromatic nitrogens is 2. The second-order valence-corrected chi connectivity index (χ2v) is 6.10. The van der Waals surface area contributed by atoms with Crippen molar-refractivity contribution in [2.75, 3.05) is 7.11 Å². The molecule has 1 heterocycles. The highest BCUT2D eigenvalue weighted by atomic mass is 16.5. The van der Waals surface area contributed by atoms with E-state index in [9.17, 15) is 5.26 Å². The molecule has 4 aromatic rings. The molecule has 0 saturated carbocycles. The molecule has 0 fully saturated rings. The number of hydrogen-bond acceptors (Lipinski definition) is 3. The number of methoxy groups -OCH3 is 1. The number of H-pyrrole nitrogens is 1. The van der Waals surface area contributed by atoms with E-state index in [2.05, 4.69) is 40.3 Å². The van der Waals surface area contributed by atoms with Gasteiger partial charge >= 0.3 is 0 Å². The van der Waals surface area contributed by atoms with Crippen molar-refractivity contribution in [3.63, 3.8) is 0 Å². The Kier molecular flexibility index (Phi) is 4.12. The van der Waals surface area contributed by atoms with Crippen LogP contribution in [-0.4, -0.2) is 17.1 Å². The van der Waals surface area contributed by atoms with Crippen molar-refractivity contribution in [3.05, 3.63) is 83.7 Å². The van der Waals surface area contributed by atoms with Gasteiger partial charge in [0, 0.05) is 6.42 Å². The van der Waals surface area contributed by atoms with Crippen molar-refractivity contribution in [1.29, 1.82) is 5.26 Å². The summed E-state index contributed by atoms with van der Waals surface area (Å²) in [4.78, 5) is 7.98. The van der Waals surface area contributed by atoms with Gasteiger partial charge in [-0.05, 0) is 41.0 Å². The highest BCUT2D eigenvalue weighted by Crippen LogP contribution is 2.26. The third-order valence-corrected chi connectivity index (χ3v) is 4.42. The number of rotatable bonds is 4. The van der Waals surface area contributed by atoms with Gasteiger partial charge in [-0.1, -0.05) is 42.5 Å². The van der Waals surface area contributed by atoms with Gasteiger partial charge in [0.15, 0.2) is 0 Å². The fourth-order valence-corrected chi connectivity index (χ4v) is 3.07. The molecule has 1 N–H and O–H groups in total. The molecule has 0 bridgehead atoms. The van der Waals surface area contributed by atoms with Crippen LogP contribution in [0.25, 0.3) is 22.2 Å². The van der Waals surface area contributed by atoms with Gasteiger partial charge < -0.3 is 9.72 Å². The fourth-order valence-electron chi connectivity index (χ4n) is 3.07. The number of nitriles is 1. The Morgan fingerprint density at radius 3 is 2.50 bits per heavy atom. The summed E-state index contributed by atoms with van der Waals surface area (Å²) >= 11 is 0. The maximum absolute atomic E-state index is 9.25. The van der Waals surface area contributed by atoms with Crippen LogP contribution in [0.2, 0.25) is 0 Å². The van der Waals surface area contributed by atoms with Crippen LogP contribution in [-0.2, 0) is 6.42 Å². The summed E-state index contributed by atoms with van der Waals surface area (Å²) in [5.74, 6) is 1.55. The van der Waals surface area contributed by atoms with Crippen molar-refractivity contribution in [2.24, 2.45) is 0 Å². The minimum atomic E-state index is 0.538. The number of nitrogens with zero attached hydrogens (tertiary/aromatic N) is 2. The van der Waals surface area contributed by atoms with Gasteiger partial charge in [0.25, 0.3) is 0 Å². The van der Waals surface area contributed by atoms with Gasteiger partial charge in [-0.2, -0.15) is 5.26 Å². The minimum Gasteiger partial charge on any atom is -0.495 e. The van der Waals surface area contributed by atoms with E-state index in [0.717, 1.165) is 34.4 Å². The van der Waals surface area contributed by atoms with E-state index >= 15 is 0 Å². The maximum atomic E-state index is 9.25. The largest absolute Gasteiger partial charge is 0.495 e. The van der Waals surface area contributed by atoms with Gasteiger partial charge in [0.1, 0.15) is 17.6 Å². The van der Waals surface area contributed by atoms with E-state index in [-0.39, 0.29) is 0 Å². The van der Waals surface area contributed by atoms with Crippen molar-refractivity contribution in [2.45, 2.75) is 6.42 Å². The maximum Gasteiger partial charge on any atom is 0.136 e. The first-order valence-electron chi connectivity index (χ1n) is 8.38. The quantitative estimate of drug-likeness (QED) is 0.586. The van der Waals surface area contributed by atoms with Crippen LogP contribution in [0.1, 0.15) is 17.0 Å². The Bertz CT molecular complexity index is 1070. The zero-order valence-corrected chi connectivity index (χ0v) is 14.4. The molecule has 26 heavy (non-hydrogen) atoms. The molecule has 4 heteroatoms. The van der Waals surface area contributed by atoms with Crippen LogP contribution in [0.5, 0.6) is 5.75 Å². The molecule has 0 saturated heterocycles. The Hall–Kier alpha value is -3.58. The average Bonchev–Trinajstić information content (AvgIpc) is 3.10. The number of para-hydroxylation sites is 2. The second-order valence-electron chi connectivity index (χ2n) is 6.10. The summed E-state index contributed by atoms with van der Waals surface area (Å²) in [7, 11) is 1.57. The molecule has 1 aromatic heterocycles. The summed E-state index contributed by atoms with van der Waals surface area (Å²) in [6.45, 7) is 0. The van der Waals surface area contributed by atoms with Gasteiger partial charge in [-0.3, -0.25) is 0 Å². The topological polar surface area (TPSA) is 61.7 Å². The second kappa shape index (κ2) is 6.73. The van der Waals surface area contributed by atoms with Crippen molar-refractivity contribution in [1.82, 2.24) is 9.97 Å². The molecule has 3 aromatic carbocycles. The number of hydrogen-bond donors (Lipinski definition) is 1. The molecule has 126 valence electrons. The van der Waals surface area contributed by atoms with Crippen molar-refractivity contribution >= 4 is 11.0 Å². The van der Waals surface area contributed by atoms with Crippen LogP contribution in [0, 0.1) is 11.3 Å². The van der Waals surface area contributed by atoms with Crippen molar-refractivity contribution in [3.8, 4) is 22.9 Å². The summed E-state index contributed by atoms with van der Waals surface area (Å²) in [6, 6.07) is 24.2. The van der Waals surface area contributed by atoms with Gasteiger partial charge in [-0.25, -0.2) is 4.98 Å². The Morgan fingerprint density at radius 2 is 1.77 bits per heavy atom. The van der Waals surface area contributed by atoms with Gasteiger partial charge in [0.05, 0.1) is 23.7 Å². The molecule has 0 aliphatic rings. The van der Waals surface area contributed by atoms with E-state index in [1.165, 1.54) is 5.56 Å². The number of aromatic amines is 1. The van der Waals surface area contributed by atoms with Crippen LogP contribution < -0.4 is 4.74 Å². The molecule has 0 unspecified atom stereocenters. The van der Waals surface area contributed by atoms with E-state index < -0.39 is 0 Å². The molecule has 0 aliphatic carbocycles. The summed E-state index contributed by atoms with van der Waals surface area (Å²) in [5.41, 5.74) is 5.83.